The van der Waals surface area contributed by atoms with E-state index in [4.69, 9.17) is 4.42 Å². The number of oxazole rings is 1. The Hall–Kier alpha value is -3.77. The van der Waals surface area contributed by atoms with Crippen LogP contribution < -0.4 is 5.76 Å². The molecule has 0 radical (unpaired) electrons. The molecule has 0 aliphatic heterocycles. The zero-order chi connectivity index (χ0) is 24.1. The molecule has 2 aromatic heterocycles. The number of benzene rings is 2. The smallest absolute Gasteiger partial charge is 0.408 e. The number of halogens is 6. The summed E-state index contributed by atoms with van der Waals surface area (Å²) in [5, 5.41) is 0. The molecule has 2 heterocycles. The molecule has 0 spiro atoms. The molecular formula is C20H14F6N4O3. The van der Waals surface area contributed by atoms with E-state index in [1.165, 1.54) is 19.2 Å². The Labute approximate surface area is 180 Å². The first kappa shape index (κ1) is 22.4. The molecule has 33 heavy (non-hydrogen) atoms. The van der Waals surface area contributed by atoms with Gasteiger partial charge in [0.1, 0.15) is 17.9 Å². The fourth-order valence-electron chi connectivity index (χ4n) is 3.34. The minimum Gasteiger partial charge on any atom is -0.408 e. The minimum atomic E-state index is -4.66. The van der Waals surface area contributed by atoms with Gasteiger partial charge < -0.3 is 14.3 Å². The van der Waals surface area contributed by atoms with Crippen LogP contribution in [0, 0.1) is 0 Å². The average Bonchev–Trinajstić information content (AvgIpc) is 3.25. The molecule has 2 aromatic carbocycles. The highest BCUT2D eigenvalue weighted by Gasteiger charge is 2.34. The molecule has 4 rings (SSSR count). The van der Waals surface area contributed by atoms with E-state index in [-0.39, 0.29) is 34.5 Å². The molecule has 0 aliphatic rings. The number of aromatic nitrogens is 3. The zero-order valence-corrected chi connectivity index (χ0v) is 16.7. The summed E-state index contributed by atoms with van der Waals surface area (Å²) in [6.07, 6.45) is -9.28. The standard InChI is InChI=1S/C20H14F6N4O3/c1-29(8-15-27-12-4-2-3-11(17(12)28-15)20(24,25)26)16(31)9-30-13-7-10(19(21,22)23)5-6-14(13)33-18(30)32/h2-7H,8-9H2,1H3,(H,27,28). The number of carbonyl (C=O) groups excluding carboxylic acids is 1. The SMILES string of the molecule is CN(Cc1nc2c(C(F)(F)F)cccc2[nH]1)C(=O)Cn1c(=O)oc2ccc(C(F)(F)F)cc21. The van der Waals surface area contributed by atoms with Crippen LogP contribution in [0.2, 0.25) is 0 Å². The molecular weight excluding hydrogens is 458 g/mol. The van der Waals surface area contributed by atoms with Crippen molar-refractivity contribution in [3.63, 3.8) is 0 Å². The van der Waals surface area contributed by atoms with Gasteiger partial charge in [-0.05, 0) is 30.3 Å². The van der Waals surface area contributed by atoms with Gasteiger partial charge in [0, 0.05) is 7.05 Å². The zero-order valence-electron chi connectivity index (χ0n) is 16.7. The van der Waals surface area contributed by atoms with Crippen LogP contribution in [-0.2, 0) is 30.2 Å². The largest absolute Gasteiger partial charge is 0.420 e. The molecule has 0 saturated carbocycles. The number of rotatable bonds is 4. The number of amides is 1. The molecule has 13 heteroatoms. The van der Waals surface area contributed by atoms with Crippen molar-refractivity contribution in [2.24, 2.45) is 0 Å². The molecule has 1 amide bonds. The summed E-state index contributed by atoms with van der Waals surface area (Å²) in [5.41, 5.74) is -2.48. The summed E-state index contributed by atoms with van der Waals surface area (Å²) in [6.45, 7) is -0.874. The topological polar surface area (TPSA) is 84.1 Å². The van der Waals surface area contributed by atoms with E-state index in [0.29, 0.717) is 6.07 Å². The van der Waals surface area contributed by atoms with E-state index in [2.05, 4.69) is 9.97 Å². The number of nitrogens with zero attached hydrogens (tertiary/aromatic N) is 3. The van der Waals surface area contributed by atoms with Crippen LogP contribution in [0.4, 0.5) is 26.3 Å². The van der Waals surface area contributed by atoms with Crippen LogP contribution in [-0.4, -0.2) is 32.4 Å². The fraction of sp³-hybridized carbons (Fsp3) is 0.250. The average molecular weight is 472 g/mol. The molecule has 0 unspecified atom stereocenters. The maximum Gasteiger partial charge on any atom is 0.420 e. The monoisotopic (exact) mass is 472 g/mol. The summed E-state index contributed by atoms with van der Waals surface area (Å²) < 4.78 is 84.2. The predicted molar refractivity (Wildman–Crippen MR) is 103 cm³/mol. The van der Waals surface area contributed by atoms with Crippen molar-refractivity contribution < 1.29 is 35.6 Å². The minimum absolute atomic E-state index is 0.0568. The predicted octanol–water partition coefficient (Wildman–Crippen LogP) is 4.17. The third-order valence-corrected chi connectivity index (χ3v) is 4.97. The second-order valence-electron chi connectivity index (χ2n) is 7.27. The summed E-state index contributed by atoms with van der Waals surface area (Å²) >= 11 is 0. The Kier molecular flexibility index (Phi) is 5.21. The second-order valence-corrected chi connectivity index (χ2v) is 7.27. The van der Waals surface area contributed by atoms with Gasteiger partial charge in [-0.2, -0.15) is 26.3 Å². The molecule has 4 aromatic rings. The molecule has 7 nitrogen and oxygen atoms in total. The van der Waals surface area contributed by atoms with E-state index in [0.717, 1.165) is 27.7 Å². The van der Waals surface area contributed by atoms with Crippen LogP contribution in [0.25, 0.3) is 22.1 Å². The fourth-order valence-corrected chi connectivity index (χ4v) is 3.34. The van der Waals surface area contributed by atoms with Crippen molar-refractivity contribution in [3.8, 4) is 0 Å². The summed E-state index contributed by atoms with van der Waals surface area (Å²) in [5.74, 6) is -1.67. The number of H-pyrrole nitrogens is 1. The highest BCUT2D eigenvalue weighted by Crippen LogP contribution is 2.34. The molecule has 174 valence electrons. The number of hydrogen-bond donors (Lipinski definition) is 1. The number of carbonyl (C=O) groups is 1. The quantitative estimate of drug-likeness (QED) is 0.452. The Morgan fingerprint density at radius 3 is 2.52 bits per heavy atom. The number of imidazole rings is 1. The van der Waals surface area contributed by atoms with Gasteiger partial charge in [-0.25, -0.2) is 9.78 Å². The first-order valence-electron chi connectivity index (χ1n) is 9.34. The van der Waals surface area contributed by atoms with Gasteiger partial charge in [-0.1, -0.05) is 6.07 Å². The van der Waals surface area contributed by atoms with Gasteiger partial charge in [-0.15, -0.1) is 0 Å². The number of aromatic amines is 1. The van der Waals surface area contributed by atoms with Crippen molar-refractivity contribution >= 4 is 28.0 Å². The van der Waals surface area contributed by atoms with Crippen molar-refractivity contribution in [3.05, 3.63) is 63.9 Å². The molecule has 0 atom stereocenters. The summed E-state index contributed by atoms with van der Waals surface area (Å²) in [7, 11) is 1.31. The summed E-state index contributed by atoms with van der Waals surface area (Å²) in [6, 6.07) is 5.93. The molecule has 0 fully saturated rings. The molecule has 0 saturated heterocycles. The van der Waals surface area contributed by atoms with E-state index >= 15 is 0 Å². The van der Waals surface area contributed by atoms with Crippen LogP contribution in [0.1, 0.15) is 17.0 Å². The van der Waals surface area contributed by atoms with E-state index in [9.17, 15) is 35.9 Å². The lowest BCUT2D eigenvalue weighted by Gasteiger charge is -2.16. The number of hydrogen-bond acceptors (Lipinski definition) is 4. The van der Waals surface area contributed by atoms with Crippen LogP contribution in [0.15, 0.2) is 45.6 Å². The maximum atomic E-state index is 13.2. The molecule has 0 bridgehead atoms. The molecule has 0 aliphatic carbocycles. The Balaban J connectivity index is 1.58. The van der Waals surface area contributed by atoms with Crippen molar-refractivity contribution in [2.45, 2.75) is 25.4 Å². The Morgan fingerprint density at radius 2 is 1.85 bits per heavy atom. The van der Waals surface area contributed by atoms with Gasteiger partial charge in [0.05, 0.1) is 28.7 Å². The van der Waals surface area contributed by atoms with Gasteiger partial charge in [-0.3, -0.25) is 9.36 Å². The van der Waals surface area contributed by atoms with Gasteiger partial charge in [0.2, 0.25) is 5.91 Å². The number of alkyl halides is 6. The van der Waals surface area contributed by atoms with Crippen molar-refractivity contribution in [2.75, 3.05) is 7.05 Å². The lowest BCUT2D eigenvalue weighted by molar-refractivity contribution is -0.138. The number of likely N-dealkylation sites (N-methyl/N-ethyl adjacent to an activating group) is 1. The lowest BCUT2D eigenvalue weighted by Crippen LogP contribution is -2.32. The summed E-state index contributed by atoms with van der Waals surface area (Å²) in [4.78, 5) is 32.4. The normalized spacial score (nSPS) is 12.6. The Morgan fingerprint density at radius 1 is 1.12 bits per heavy atom. The lowest BCUT2D eigenvalue weighted by atomic mass is 10.2. The van der Waals surface area contributed by atoms with Gasteiger partial charge in [0.25, 0.3) is 0 Å². The van der Waals surface area contributed by atoms with Crippen molar-refractivity contribution in [1.29, 1.82) is 0 Å². The van der Waals surface area contributed by atoms with Gasteiger partial charge in [0.15, 0.2) is 5.58 Å². The van der Waals surface area contributed by atoms with E-state index in [1.807, 2.05) is 0 Å². The first-order chi connectivity index (χ1) is 15.3. The van der Waals surface area contributed by atoms with Crippen LogP contribution in [0.5, 0.6) is 0 Å². The van der Waals surface area contributed by atoms with E-state index < -0.39 is 41.7 Å². The number of fused-ring (bicyclic) bond motifs is 2. The highest BCUT2D eigenvalue weighted by atomic mass is 19.4. The van der Waals surface area contributed by atoms with Crippen LogP contribution >= 0.6 is 0 Å². The van der Waals surface area contributed by atoms with E-state index in [1.54, 1.807) is 0 Å². The molecule has 1 N–H and O–H groups in total. The highest BCUT2D eigenvalue weighted by molar-refractivity contribution is 5.81. The Bertz CT molecular complexity index is 1410. The van der Waals surface area contributed by atoms with Crippen LogP contribution in [0.3, 0.4) is 0 Å². The maximum absolute atomic E-state index is 13.2. The third-order valence-electron chi connectivity index (χ3n) is 4.97. The number of para-hydroxylation sites is 1. The first-order valence-corrected chi connectivity index (χ1v) is 9.34. The van der Waals surface area contributed by atoms with Gasteiger partial charge >= 0.3 is 18.1 Å². The number of nitrogens with one attached hydrogen (secondary N) is 1. The van der Waals surface area contributed by atoms with Crippen molar-refractivity contribution in [1.82, 2.24) is 19.4 Å². The third kappa shape index (κ3) is 4.30. The second kappa shape index (κ2) is 7.67.